The first kappa shape index (κ1) is 18.1. The number of aryl methyl sites for hydroxylation is 1. The van der Waals surface area contributed by atoms with E-state index in [9.17, 15) is 0 Å². The molecule has 0 radical (unpaired) electrons. The van der Waals surface area contributed by atoms with E-state index in [1.165, 1.54) is 17.5 Å². The zero-order chi connectivity index (χ0) is 19.0. The molecule has 4 aromatic rings. The standard InChI is InChI=1S/C24H22N2O2/c1-3-7-19(8-4-1)11-16-23(27-17-20-9-5-2-6-10-20)21-12-14-22(15-13-21)24-26-25-18-28-24/h1-10,12-15,18,23H,11,16-17H2/t23-/m1/s1. The van der Waals surface area contributed by atoms with Gasteiger partial charge in [-0.1, -0.05) is 72.8 Å². The molecule has 3 aromatic carbocycles. The first-order valence-corrected chi connectivity index (χ1v) is 9.44. The molecule has 4 nitrogen and oxygen atoms in total. The molecule has 4 heteroatoms. The van der Waals surface area contributed by atoms with Crippen LogP contribution < -0.4 is 0 Å². The molecule has 1 heterocycles. The summed E-state index contributed by atoms with van der Waals surface area (Å²) in [5.74, 6) is 0.526. The van der Waals surface area contributed by atoms with Gasteiger partial charge in [-0.05, 0) is 41.7 Å². The van der Waals surface area contributed by atoms with Crippen LogP contribution in [0.15, 0.2) is 95.7 Å². The van der Waals surface area contributed by atoms with E-state index in [-0.39, 0.29) is 6.10 Å². The van der Waals surface area contributed by atoms with Crippen molar-refractivity contribution in [3.05, 3.63) is 108 Å². The van der Waals surface area contributed by atoms with Crippen LogP contribution in [-0.4, -0.2) is 10.2 Å². The lowest BCUT2D eigenvalue weighted by Gasteiger charge is -2.19. The largest absolute Gasteiger partial charge is 0.423 e. The topological polar surface area (TPSA) is 48.2 Å². The molecule has 0 N–H and O–H groups in total. The maximum Gasteiger partial charge on any atom is 0.247 e. The summed E-state index contributed by atoms with van der Waals surface area (Å²) in [6.45, 7) is 0.589. The van der Waals surface area contributed by atoms with E-state index >= 15 is 0 Å². The lowest BCUT2D eigenvalue weighted by molar-refractivity contribution is 0.0341. The molecule has 0 amide bonds. The fraction of sp³-hybridized carbons (Fsp3) is 0.167. The van der Waals surface area contributed by atoms with E-state index in [0.717, 1.165) is 24.0 Å². The number of aromatic nitrogens is 2. The molecule has 28 heavy (non-hydrogen) atoms. The third-order valence-corrected chi connectivity index (χ3v) is 4.72. The first-order valence-electron chi connectivity index (χ1n) is 9.44. The van der Waals surface area contributed by atoms with Crippen molar-refractivity contribution in [2.45, 2.75) is 25.6 Å². The van der Waals surface area contributed by atoms with E-state index in [2.05, 4.69) is 58.7 Å². The number of nitrogens with zero attached hydrogens (tertiary/aromatic N) is 2. The van der Waals surface area contributed by atoms with Crippen molar-refractivity contribution in [2.75, 3.05) is 0 Å². The minimum absolute atomic E-state index is 0.0112. The van der Waals surface area contributed by atoms with Crippen LogP contribution in [0, 0.1) is 0 Å². The van der Waals surface area contributed by atoms with Gasteiger partial charge in [0, 0.05) is 5.56 Å². The summed E-state index contributed by atoms with van der Waals surface area (Å²) in [6.07, 6.45) is 3.23. The fourth-order valence-corrected chi connectivity index (χ4v) is 3.20. The Kier molecular flexibility index (Phi) is 5.90. The lowest BCUT2D eigenvalue weighted by atomic mass is 10.00. The van der Waals surface area contributed by atoms with Crippen LogP contribution in [0.5, 0.6) is 0 Å². The second-order valence-electron chi connectivity index (χ2n) is 6.68. The van der Waals surface area contributed by atoms with Crippen LogP contribution in [0.3, 0.4) is 0 Å². The molecule has 0 aliphatic heterocycles. The van der Waals surface area contributed by atoms with Crippen molar-refractivity contribution in [1.82, 2.24) is 10.2 Å². The van der Waals surface area contributed by atoms with Gasteiger partial charge in [0.25, 0.3) is 0 Å². The molecule has 140 valence electrons. The molecule has 0 fully saturated rings. The van der Waals surface area contributed by atoms with Gasteiger partial charge in [0.05, 0.1) is 12.7 Å². The van der Waals surface area contributed by atoms with Gasteiger partial charge < -0.3 is 9.15 Å². The molecular weight excluding hydrogens is 348 g/mol. The van der Waals surface area contributed by atoms with Crippen molar-refractivity contribution in [3.8, 4) is 11.5 Å². The monoisotopic (exact) mass is 370 g/mol. The third-order valence-electron chi connectivity index (χ3n) is 4.72. The maximum atomic E-state index is 6.32. The summed E-state index contributed by atoms with van der Waals surface area (Å²) in [5.41, 5.74) is 4.55. The zero-order valence-corrected chi connectivity index (χ0v) is 15.6. The molecule has 4 rings (SSSR count). The second-order valence-corrected chi connectivity index (χ2v) is 6.68. The Labute approximate surface area is 164 Å². The highest BCUT2D eigenvalue weighted by atomic mass is 16.5. The number of ether oxygens (including phenoxy) is 1. The van der Waals surface area contributed by atoms with Crippen LogP contribution in [-0.2, 0) is 17.8 Å². The van der Waals surface area contributed by atoms with Gasteiger partial charge in [0.1, 0.15) is 0 Å². The summed E-state index contributed by atoms with van der Waals surface area (Å²) in [4.78, 5) is 0. The van der Waals surface area contributed by atoms with Gasteiger partial charge in [0.15, 0.2) is 0 Å². The highest BCUT2D eigenvalue weighted by Gasteiger charge is 2.14. The molecule has 0 unspecified atom stereocenters. The number of rotatable bonds is 8. The number of hydrogen-bond donors (Lipinski definition) is 0. The van der Waals surface area contributed by atoms with E-state index in [4.69, 9.17) is 9.15 Å². The van der Waals surface area contributed by atoms with Crippen LogP contribution >= 0.6 is 0 Å². The minimum Gasteiger partial charge on any atom is -0.423 e. The smallest absolute Gasteiger partial charge is 0.247 e. The van der Waals surface area contributed by atoms with E-state index < -0.39 is 0 Å². The highest BCUT2D eigenvalue weighted by molar-refractivity contribution is 5.52. The maximum absolute atomic E-state index is 6.32. The summed E-state index contributed by atoms with van der Waals surface area (Å²) >= 11 is 0. The van der Waals surface area contributed by atoms with Crippen LogP contribution in [0.2, 0.25) is 0 Å². The van der Waals surface area contributed by atoms with Gasteiger partial charge in [-0.2, -0.15) is 0 Å². The van der Waals surface area contributed by atoms with Crippen LogP contribution in [0.1, 0.15) is 29.2 Å². The Balaban J connectivity index is 1.49. The average Bonchev–Trinajstić information content (AvgIpc) is 3.30. The molecule has 0 bridgehead atoms. The second kappa shape index (κ2) is 9.11. The van der Waals surface area contributed by atoms with Gasteiger partial charge in [0.2, 0.25) is 12.3 Å². The Bertz CT molecular complexity index is 909. The molecule has 1 aromatic heterocycles. The zero-order valence-electron chi connectivity index (χ0n) is 15.6. The Morgan fingerprint density at radius 2 is 1.46 bits per heavy atom. The van der Waals surface area contributed by atoms with Crippen LogP contribution in [0.25, 0.3) is 11.5 Å². The predicted octanol–water partition coefficient (Wildman–Crippen LogP) is 5.63. The number of hydrogen-bond acceptors (Lipinski definition) is 4. The Hall–Kier alpha value is -3.24. The van der Waals surface area contributed by atoms with Gasteiger partial charge in [-0.15, -0.1) is 10.2 Å². The summed E-state index contributed by atoms with van der Waals surface area (Å²) < 4.78 is 11.6. The summed E-state index contributed by atoms with van der Waals surface area (Å²) in [5, 5.41) is 7.71. The van der Waals surface area contributed by atoms with E-state index in [1.54, 1.807) is 0 Å². The molecule has 0 spiro atoms. The Morgan fingerprint density at radius 3 is 2.11 bits per heavy atom. The van der Waals surface area contributed by atoms with E-state index in [0.29, 0.717) is 12.5 Å². The van der Waals surface area contributed by atoms with Crippen molar-refractivity contribution in [3.63, 3.8) is 0 Å². The van der Waals surface area contributed by atoms with Gasteiger partial charge >= 0.3 is 0 Å². The van der Waals surface area contributed by atoms with E-state index in [1.807, 2.05) is 36.4 Å². The van der Waals surface area contributed by atoms with Gasteiger partial charge in [-0.3, -0.25) is 0 Å². The summed E-state index contributed by atoms with van der Waals surface area (Å²) in [7, 11) is 0. The Morgan fingerprint density at radius 1 is 0.786 bits per heavy atom. The van der Waals surface area contributed by atoms with Crippen molar-refractivity contribution < 1.29 is 9.15 Å². The quantitative estimate of drug-likeness (QED) is 0.403. The molecule has 0 aliphatic rings. The number of benzene rings is 3. The third kappa shape index (κ3) is 4.72. The minimum atomic E-state index is 0.0112. The van der Waals surface area contributed by atoms with Gasteiger partial charge in [-0.25, -0.2) is 0 Å². The normalized spacial score (nSPS) is 12.0. The molecule has 1 atom stereocenters. The van der Waals surface area contributed by atoms with Crippen molar-refractivity contribution >= 4 is 0 Å². The average molecular weight is 370 g/mol. The predicted molar refractivity (Wildman–Crippen MR) is 108 cm³/mol. The lowest BCUT2D eigenvalue weighted by Crippen LogP contribution is -2.06. The molecule has 0 aliphatic carbocycles. The summed E-state index contributed by atoms with van der Waals surface area (Å²) in [6, 6.07) is 29.0. The molecular formula is C24H22N2O2. The fourth-order valence-electron chi connectivity index (χ4n) is 3.20. The highest BCUT2D eigenvalue weighted by Crippen LogP contribution is 2.27. The van der Waals surface area contributed by atoms with Crippen LogP contribution in [0.4, 0.5) is 0 Å². The molecule has 0 saturated heterocycles. The SMILES string of the molecule is c1ccc(CC[C@@H](OCc2ccccc2)c2ccc(-c3nnco3)cc2)cc1. The van der Waals surface area contributed by atoms with Crippen molar-refractivity contribution in [1.29, 1.82) is 0 Å². The first-order chi connectivity index (χ1) is 13.9. The molecule has 0 saturated carbocycles. The van der Waals surface area contributed by atoms with Crippen molar-refractivity contribution in [2.24, 2.45) is 0 Å².